The monoisotopic (exact) mass is 394 g/mol. The van der Waals surface area contributed by atoms with Gasteiger partial charge in [-0.3, -0.25) is 9.59 Å². The molecule has 4 rings (SSSR count). The van der Waals surface area contributed by atoms with Crippen molar-refractivity contribution in [1.29, 1.82) is 5.26 Å². The lowest BCUT2D eigenvalue weighted by atomic mass is 9.67. The number of imide groups is 1. The van der Waals surface area contributed by atoms with Gasteiger partial charge in [0.05, 0.1) is 46.4 Å². The maximum Gasteiger partial charge on any atom is 0.417 e. The zero-order valence-electron chi connectivity index (χ0n) is 15.3. The molecule has 148 valence electrons. The Hall–Kier alpha value is -2.44. The van der Waals surface area contributed by atoms with Crippen molar-refractivity contribution in [2.75, 3.05) is 12.0 Å². The van der Waals surface area contributed by atoms with Crippen LogP contribution in [0.25, 0.3) is 0 Å². The minimum atomic E-state index is -4.79. The Bertz CT molecular complexity index is 940. The van der Waals surface area contributed by atoms with Crippen LogP contribution in [0.15, 0.2) is 18.2 Å². The van der Waals surface area contributed by atoms with Crippen molar-refractivity contribution < 1.29 is 32.2 Å². The number of alkyl halides is 3. The molecule has 3 saturated heterocycles. The molecule has 2 amide bonds. The van der Waals surface area contributed by atoms with Gasteiger partial charge in [0.25, 0.3) is 0 Å². The lowest BCUT2D eigenvalue weighted by molar-refractivity contribution is -0.138. The molecule has 3 heterocycles. The van der Waals surface area contributed by atoms with Crippen molar-refractivity contribution in [2.45, 2.75) is 43.8 Å². The lowest BCUT2D eigenvalue weighted by Crippen LogP contribution is -2.49. The van der Waals surface area contributed by atoms with E-state index in [9.17, 15) is 22.8 Å². The fraction of sp³-hybridized carbons (Fsp3) is 0.526. The van der Waals surface area contributed by atoms with Gasteiger partial charge in [-0.1, -0.05) is 0 Å². The summed E-state index contributed by atoms with van der Waals surface area (Å²) in [4.78, 5) is 27.0. The van der Waals surface area contributed by atoms with E-state index in [2.05, 4.69) is 0 Å². The summed E-state index contributed by atoms with van der Waals surface area (Å²) >= 11 is 0. The topological polar surface area (TPSA) is 79.6 Å². The summed E-state index contributed by atoms with van der Waals surface area (Å²) in [7, 11) is 1.49. The van der Waals surface area contributed by atoms with Gasteiger partial charge in [-0.25, -0.2) is 4.90 Å². The molecule has 0 radical (unpaired) electrons. The van der Waals surface area contributed by atoms with E-state index in [0.717, 1.165) is 11.0 Å². The Labute approximate surface area is 158 Å². The maximum absolute atomic E-state index is 13.3. The van der Waals surface area contributed by atoms with Crippen LogP contribution in [0.3, 0.4) is 0 Å². The first-order valence-electron chi connectivity index (χ1n) is 8.70. The van der Waals surface area contributed by atoms with Gasteiger partial charge >= 0.3 is 6.18 Å². The molecule has 0 aliphatic carbocycles. The standard InChI is InChI=1S/C19H17F3N2O4/c1-17-7-12(27-3)18(2,28-17)14-13(17)15(25)24(16(14)26)10-5-4-9(8-23)11(6-10)19(20,21)22/h4-6,12-14H,7H2,1-3H3/t12-,13-,14+,17?,18?/m1/s1. The quantitative estimate of drug-likeness (QED) is 0.721. The van der Waals surface area contributed by atoms with Crippen LogP contribution in [-0.4, -0.2) is 36.2 Å². The summed E-state index contributed by atoms with van der Waals surface area (Å²) in [5.74, 6) is -2.83. The highest BCUT2D eigenvalue weighted by Crippen LogP contribution is 2.61. The van der Waals surface area contributed by atoms with E-state index < -0.39 is 58.3 Å². The van der Waals surface area contributed by atoms with Gasteiger partial charge in [0.15, 0.2) is 0 Å². The van der Waals surface area contributed by atoms with Crippen LogP contribution in [0.4, 0.5) is 18.9 Å². The number of anilines is 1. The molecule has 3 aliphatic rings. The van der Waals surface area contributed by atoms with Crippen molar-refractivity contribution in [3.63, 3.8) is 0 Å². The summed E-state index contributed by atoms with van der Waals surface area (Å²) in [5, 5.41) is 8.95. The Kier molecular flexibility index (Phi) is 3.75. The van der Waals surface area contributed by atoms with Gasteiger partial charge in [-0.2, -0.15) is 18.4 Å². The number of methoxy groups -OCH3 is 1. The van der Waals surface area contributed by atoms with Gasteiger partial charge < -0.3 is 9.47 Å². The van der Waals surface area contributed by atoms with Crippen LogP contribution >= 0.6 is 0 Å². The summed E-state index contributed by atoms with van der Waals surface area (Å²) in [6.45, 7) is 3.43. The number of hydrogen-bond acceptors (Lipinski definition) is 5. The van der Waals surface area contributed by atoms with Crippen LogP contribution in [0.1, 0.15) is 31.4 Å². The summed E-state index contributed by atoms with van der Waals surface area (Å²) in [6, 6.07) is 4.32. The molecule has 28 heavy (non-hydrogen) atoms. The molecule has 6 nitrogen and oxygen atoms in total. The highest BCUT2D eigenvalue weighted by atomic mass is 19.4. The third kappa shape index (κ3) is 2.22. The van der Waals surface area contributed by atoms with E-state index in [1.54, 1.807) is 13.8 Å². The molecule has 3 fully saturated rings. The van der Waals surface area contributed by atoms with Gasteiger partial charge in [0.2, 0.25) is 11.8 Å². The van der Waals surface area contributed by atoms with Crippen LogP contribution < -0.4 is 4.90 Å². The third-order valence-corrected chi connectivity index (χ3v) is 6.24. The Morgan fingerprint density at radius 1 is 1.25 bits per heavy atom. The zero-order valence-corrected chi connectivity index (χ0v) is 15.3. The number of halogens is 3. The van der Waals surface area contributed by atoms with Gasteiger partial charge in [0.1, 0.15) is 5.60 Å². The average molecular weight is 394 g/mol. The Morgan fingerprint density at radius 2 is 1.89 bits per heavy atom. The Morgan fingerprint density at radius 3 is 2.46 bits per heavy atom. The molecule has 2 bridgehead atoms. The largest absolute Gasteiger partial charge is 0.417 e. The molecule has 0 N–H and O–H groups in total. The van der Waals surface area contributed by atoms with Crippen molar-refractivity contribution in [3.05, 3.63) is 29.3 Å². The second-order valence-corrected chi connectivity index (χ2v) is 7.83. The third-order valence-electron chi connectivity index (χ3n) is 6.24. The molecule has 1 aromatic carbocycles. The number of nitriles is 1. The molecule has 9 heteroatoms. The second-order valence-electron chi connectivity index (χ2n) is 7.83. The fourth-order valence-electron chi connectivity index (χ4n) is 5.07. The SMILES string of the molecule is CO[C@@H]1CC2(C)OC1(C)[C@@H]1C(=O)N(c3ccc(C#N)c(C(F)(F)F)c3)C(=O)[C@@H]12. The van der Waals surface area contributed by atoms with Crippen LogP contribution in [0.5, 0.6) is 0 Å². The number of ether oxygens (including phenoxy) is 2. The summed E-state index contributed by atoms with van der Waals surface area (Å²) < 4.78 is 51.4. The molecule has 3 aliphatic heterocycles. The van der Waals surface area contributed by atoms with Crippen LogP contribution in [-0.2, 0) is 25.2 Å². The number of carbonyl (C=O) groups is 2. The first-order chi connectivity index (χ1) is 13.0. The number of nitrogens with zero attached hydrogens (tertiary/aromatic N) is 2. The van der Waals surface area contributed by atoms with Crippen molar-refractivity contribution in [3.8, 4) is 6.07 Å². The number of carbonyl (C=O) groups excluding carboxylic acids is 2. The number of rotatable bonds is 2. The normalized spacial score (nSPS) is 36.8. The summed E-state index contributed by atoms with van der Waals surface area (Å²) in [5.41, 5.74) is -3.92. The number of hydrogen-bond donors (Lipinski definition) is 0. The van der Waals surface area contributed by atoms with E-state index in [1.165, 1.54) is 19.2 Å². The minimum absolute atomic E-state index is 0.198. The van der Waals surface area contributed by atoms with Gasteiger partial charge in [-0.05, 0) is 32.0 Å². The van der Waals surface area contributed by atoms with Crippen molar-refractivity contribution in [1.82, 2.24) is 0 Å². The van der Waals surface area contributed by atoms with E-state index in [0.29, 0.717) is 12.5 Å². The molecule has 0 spiro atoms. The molecular formula is C19H17F3N2O4. The zero-order chi connectivity index (χ0) is 20.6. The second kappa shape index (κ2) is 5.55. The molecule has 2 unspecified atom stereocenters. The highest BCUT2D eigenvalue weighted by molar-refractivity contribution is 6.23. The number of benzene rings is 1. The maximum atomic E-state index is 13.3. The Balaban J connectivity index is 1.80. The van der Waals surface area contributed by atoms with Crippen molar-refractivity contribution in [2.24, 2.45) is 11.8 Å². The average Bonchev–Trinajstić information content (AvgIpc) is 3.14. The first-order valence-corrected chi connectivity index (χ1v) is 8.70. The highest BCUT2D eigenvalue weighted by Gasteiger charge is 2.76. The van der Waals surface area contributed by atoms with E-state index in [-0.39, 0.29) is 5.69 Å². The van der Waals surface area contributed by atoms with Gasteiger partial charge in [0, 0.05) is 13.5 Å². The molecule has 5 atom stereocenters. The van der Waals surface area contributed by atoms with Crippen LogP contribution in [0.2, 0.25) is 0 Å². The predicted octanol–water partition coefficient (Wildman–Crippen LogP) is 2.65. The van der Waals surface area contributed by atoms with Crippen molar-refractivity contribution >= 4 is 17.5 Å². The van der Waals surface area contributed by atoms with E-state index >= 15 is 0 Å². The van der Waals surface area contributed by atoms with Crippen LogP contribution in [0, 0.1) is 23.2 Å². The molecular weight excluding hydrogens is 377 g/mol. The minimum Gasteiger partial charge on any atom is -0.378 e. The summed E-state index contributed by atoms with van der Waals surface area (Å²) in [6.07, 6.45) is -4.78. The predicted molar refractivity (Wildman–Crippen MR) is 88.9 cm³/mol. The van der Waals surface area contributed by atoms with Gasteiger partial charge in [-0.15, -0.1) is 0 Å². The fourth-order valence-corrected chi connectivity index (χ4v) is 5.07. The van der Waals surface area contributed by atoms with E-state index in [4.69, 9.17) is 14.7 Å². The smallest absolute Gasteiger partial charge is 0.378 e. The van der Waals surface area contributed by atoms with E-state index in [1.807, 2.05) is 0 Å². The lowest BCUT2D eigenvalue weighted by Gasteiger charge is -2.34. The number of amides is 2. The molecule has 1 aromatic rings. The molecule has 0 saturated carbocycles. The number of fused-ring (bicyclic) bond motifs is 5. The first kappa shape index (κ1) is 18.9. The molecule has 0 aromatic heterocycles.